The average Bonchev–Trinajstić information content (AvgIpc) is 2.73. The highest BCUT2D eigenvalue weighted by atomic mass is 19.1. The third kappa shape index (κ3) is 6.16. The Morgan fingerprint density at radius 2 is 1.64 bits per heavy atom. The Labute approximate surface area is 164 Å². The molecule has 1 aromatic heterocycles. The van der Waals surface area contributed by atoms with Crippen LogP contribution in [0.5, 0.6) is 0 Å². The fourth-order valence-electron chi connectivity index (χ4n) is 2.77. The van der Waals surface area contributed by atoms with Crippen molar-refractivity contribution in [3.05, 3.63) is 89.5 Å². The maximum absolute atomic E-state index is 12.9. The average molecular weight is 378 g/mol. The van der Waals surface area contributed by atoms with E-state index in [2.05, 4.69) is 32.7 Å². The molecule has 28 heavy (non-hydrogen) atoms. The lowest BCUT2D eigenvalue weighted by molar-refractivity contribution is 0.0949. The van der Waals surface area contributed by atoms with E-state index < -0.39 is 0 Å². The summed E-state index contributed by atoms with van der Waals surface area (Å²) in [7, 11) is 0. The second-order valence-electron chi connectivity index (χ2n) is 6.41. The molecule has 0 radical (unpaired) electrons. The largest absolute Gasteiger partial charge is 0.354 e. The zero-order valence-corrected chi connectivity index (χ0v) is 15.6. The summed E-state index contributed by atoms with van der Waals surface area (Å²) in [5.41, 5.74) is 2.57. The van der Waals surface area contributed by atoms with Gasteiger partial charge in [-0.2, -0.15) is 0 Å². The monoisotopic (exact) mass is 378 g/mol. The molecule has 0 unspecified atom stereocenters. The molecule has 144 valence electrons. The molecule has 6 heteroatoms. The summed E-state index contributed by atoms with van der Waals surface area (Å²) in [5.74, 6) is -0.0753. The van der Waals surface area contributed by atoms with Gasteiger partial charge in [-0.3, -0.25) is 4.79 Å². The number of nitrogens with zero attached hydrogens (tertiary/aromatic N) is 2. The lowest BCUT2D eigenvalue weighted by Gasteiger charge is -2.08. The summed E-state index contributed by atoms with van der Waals surface area (Å²) >= 11 is 0. The molecular weight excluding hydrogens is 355 g/mol. The lowest BCUT2D eigenvalue weighted by Crippen LogP contribution is -2.27. The van der Waals surface area contributed by atoms with Crippen LogP contribution in [0.4, 0.5) is 10.3 Å². The first kappa shape index (κ1) is 19.5. The summed E-state index contributed by atoms with van der Waals surface area (Å²) in [5, 5.41) is 5.99. The standard InChI is InChI=1S/C22H23FN4O/c23-19-10-8-18(9-11-19)12-15-24-21(28)20-13-16-26-22(27-20)25-14-4-7-17-5-2-1-3-6-17/h1-3,5-6,8-11,13,16H,4,7,12,14-15H2,(H,24,28)(H,25,26,27). The molecule has 0 fully saturated rings. The van der Waals surface area contributed by atoms with E-state index in [1.165, 1.54) is 17.7 Å². The number of carbonyl (C=O) groups excluding carboxylic acids is 1. The molecule has 0 aliphatic carbocycles. The summed E-state index contributed by atoms with van der Waals surface area (Å²) in [6, 6.07) is 18.1. The Bertz CT molecular complexity index is 885. The van der Waals surface area contributed by atoms with Crippen molar-refractivity contribution in [3.63, 3.8) is 0 Å². The molecule has 3 aromatic rings. The van der Waals surface area contributed by atoms with E-state index in [1.807, 2.05) is 18.2 Å². The highest BCUT2D eigenvalue weighted by Gasteiger charge is 2.08. The molecule has 0 aliphatic heterocycles. The maximum atomic E-state index is 12.9. The number of hydrogen-bond acceptors (Lipinski definition) is 4. The molecule has 0 aliphatic rings. The van der Waals surface area contributed by atoms with Crippen molar-refractivity contribution in [2.24, 2.45) is 0 Å². The highest BCUT2D eigenvalue weighted by Crippen LogP contribution is 2.05. The minimum atomic E-state index is -0.266. The minimum Gasteiger partial charge on any atom is -0.354 e. The molecule has 0 saturated carbocycles. The van der Waals surface area contributed by atoms with Gasteiger partial charge in [0, 0.05) is 19.3 Å². The minimum absolute atomic E-state index is 0.253. The van der Waals surface area contributed by atoms with Crippen molar-refractivity contribution < 1.29 is 9.18 Å². The van der Waals surface area contributed by atoms with Gasteiger partial charge in [-0.15, -0.1) is 0 Å². The number of amides is 1. The first-order chi connectivity index (χ1) is 13.7. The van der Waals surface area contributed by atoms with Crippen LogP contribution in [0.3, 0.4) is 0 Å². The number of aryl methyl sites for hydroxylation is 1. The Morgan fingerprint density at radius 1 is 0.893 bits per heavy atom. The maximum Gasteiger partial charge on any atom is 0.270 e. The van der Waals surface area contributed by atoms with Crippen molar-refractivity contribution in [1.82, 2.24) is 15.3 Å². The smallest absolute Gasteiger partial charge is 0.270 e. The molecule has 2 N–H and O–H groups in total. The van der Waals surface area contributed by atoms with Crippen LogP contribution in [0.25, 0.3) is 0 Å². The van der Waals surface area contributed by atoms with E-state index in [9.17, 15) is 9.18 Å². The highest BCUT2D eigenvalue weighted by molar-refractivity contribution is 5.92. The number of halogens is 1. The third-order valence-electron chi connectivity index (χ3n) is 4.27. The van der Waals surface area contributed by atoms with Gasteiger partial charge in [-0.1, -0.05) is 42.5 Å². The molecule has 3 rings (SSSR count). The predicted molar refractivity (Wildman–Crippen MR) is 108 cm³/mol. The van der Waals surface area contributed by atoms with Gasteiger partial charge in [0.2, 0.25) is 5.95 Å². The number of nitrogens with one attached hydrogen (secondary N) is 2. The van der Waals surface area contributed by atoms with Gasteiger partial charge in [0.25, 0.3) is 5.91 Å². The van der Waals surface area contributed by atoms with E-state index in [4.69, 9.17) is 0 Å². The van der Waals surface area contributed by atoms with E-state index in [0.717, 1.165) is 24.9 Å². The summed E-state index contributed by atoms with van der Waals surface area (Å²) in [6.45, 7) is 1.18. The number of rotatable bonds is 9. The second-order valence-corrected chi connectivity index (χ2v) is 6.41. The normalized spacial score (nSPS) is 10.5. The van der Waals surface area contributed by atoms with E-state index in [0.29, 0.717) is 24.6 Å². The van der Waals surface area contributed by atoms with Gasteiger partial charge in [0.05, 0.1) is 0 Å². The molecule has 0 spiro atoms. The fourth-order valence-corrected chi connectivity index (χ4v) is 2.77. The van der Waals surface area contributed by atoms with Gasteiger partial charge in [-0.05, 0) is 48.6 Å². The van der Waals surface area contributed by atoms with Crippen molar-refractivity contribution in [2.45, 2.75) is 19.3 Å². The van der Waals surface area contributed by atoms with Crippen LogP contribution in [0.2, 0.25) is 0 Å². The summed E-state index contributed by atoms with van der Waals surface area (Å²) in [6.07, 6.45) is 4.11. The SMILES string of the molecule is O=C(NCCc1ccc(F)cc1)c1ccnc(NCCCc2ccccc2)n1. The topological polar surface area (TPSA) is 66.9 Å². The van der Waals surface area contributed by atoms with Gasteiger partial charge >= 0.3 is 0 Å². The quantitative estimate of drug-likeness (QED) is 0.558. The fraction of sp³-hybridized carbons (Fsp3) is 0.227. The van der Waals surface area contributed by atoms with Crippen LogP contribution in [0, 0.1) is 5.82 Å². The van der Waals surface area contributed by atoms with Crippen molar-refractivity contribution in [3.8, 4) is 0 Å². The van der Waals surface area contributed by atoms with E-state index in [-0.39, 0.29) is 11.7 Å². The predicted octanol–water partition coefficient (Wildman–Crippen LogP) is 3.63. The van der Waals surface area contributed by atoms with Crippen LogP contribution in [0.15, 0.2) is 66.9 Å². The van der Waals surface area contributed by atoms with Gasteiger partial charge in [0.1, 0.15) is 11.5 Å². The number of anilines is 1. The molecule has 0 bridgehead atoms. The van der Waals surface area contributed by atoms with Crippen molar-refractivity contribution in [1.29, 1.82) is 0 Å². The molecule has 0 saturated heterocycles. The van der Waals surface area contributed by atoms with Crippen LogP contribution >= 0.6 is 0 Å². The van der Waals surface area contributed by atoms with Crippen LogP contribution < -0.4 is 10.6 Å². The Kier molecular flexibility index (Phi) is 7.07. The Hall–Kier alpha value is -3.28. The van der Waals surface area contributed by atoms with E-state index >= 15 is 0 Å². The molecule has 0 atom stereocenters. The Morgan fingerprint density at radius 3 is 2.43 bits per heavy atom. The molecule has 5 nitrogen and oxygen atoms in total. The number of carbonyl (C=O) groups is 1. The van der Waals surface area contributed by atoms with Crippen molar-refractivity contribution in [2.75, 3.05) is 18.4 Å². The Balaban J connectivity index is 1.42. The molecule has 2 aromatic carbocycles. The molecular formula is C22H23FN4O. The van der Waals surface area contributed by atoms with Crippen LogP contribution in [-0.2, 0) is 12.8 Å². The van der Waals surface area contributed by atoms with Crippen molar-refractivity contribution >= 4 is 11.9 Å². The molecule has 1 heterocycles. The number of hydrogen-bond donors (Lipinski definition) is 2. The first-order valence-corrected chi connectivity index (χ1v) is 9.34. The van der Waals surface area contributed by atoms with Gasteiger partial charge < -0.3 is 10.6 Å². The summed E-state index contributed by atoms with van der Waals surface area (Å²) < 4.78 is 12.9. The van der Waals surface area contributed by atoms with Crippen LogP contribution in [-0.4, -0.2) is 29.0 Å². The number of benzene rings is 2. The first-order valence-electron chi connectivity index (χ1n) is 9.34. The summed E-state index contributed by atoms with van der Waals surface area (Å²) in [4.78, 5) is 20.7. The molecule has 1 amide bonds. The zero-order chi connectivity index (χ0) is 19.6. The second kappa shape index (κ2) is 10.2. The number of aromatic nitrogens is 2. The van der Waals surface area contributed by atoms with Crippen LogP contribution in [0.1, 0.15) is 28.0 Å². The lowest BCUT2D eigenvalue weighted by atomic mass is 10.1. The van der Waals surface area contributed by atoms with Gasteiger partial charge in [-0.25, -0.2) is 14.4 Å². The van der Waals surface area contributed by atoms with Gasteiger partial charge in [0.15, 0.2) is 0 Å². The van der Waals surface area contributed by atoms with E-state index in [1.54, 1.807) is 24.4 Å². The third-order valence-corrected chi connectivity index (χ3v) is 4.27. The zero-order valence-electron chi connectivity index (χ0n) is 15.6.